The van der Waals surface area contributed by atoms with Crippen LogP contribution in [0.25, 0.3) is 0 Å². The van der Waals surface area contributed by atoms with E-state index in [-0.39, 0.29) is 10.6 Å². The van der Waals surface area contributed by atoms with Crippen molar-refractivity contribution in [2.75, 3.05) is 18.0 Å². The van der Waals surface area contributed by atoms with Crippen LogP contribution in [-0.4, -0.2) is 30.1 Å². The van der Waals surface area contributed by atoms with Gasteiger partial charge in [0.15, 0.2) is 0 Å². The van der Waals surface area contributed by atoms with E-state index in [0.29, 0.717) is 28.3 Å². The van der Waals surface area contributed by atoms with Crippen LogP contribution in [0.4, 0.5) is 11.4 Å². The van der Waals surface area contributed by atoms with Crippen molar-refractivity contribution in [3.05, 3.63) is 57.0 Å². The molecule has 2 aromatic rings. The minimum absolute atomic E-state index is 0.0449. The summed E-state index contributed by atoms with van der Waals surface area (Å²) in [4.78, 5) is 25.1. The zero-order valence-electron chi connectivity index (χ0n) is 14.7. The van der Waals surface area contributed by atoms with Gasteiger partial charge in [-0.25, -0.2) is 5.43 Å². The molecule has 0 bridgehead atoms. The monoisotopic (exact) mass is 356 g/mol. The largest absolute Gasteiger partial charge is 0.466 e. The number of carbonyl (C=O) groups is 1. The number of hydrogen-bond donors (Lipinski definition) is 1. The van der Waals surface area contributed by atoms with Crippen molar-refractivity contribution in [3.63, 3.8) is 0 Å². The van der Waals surface area contributed by atoms with Gasteiger partial charge in [-0.1, -0.05) is 6.07 Å². The number of hydrogen-bond acceptors (Lipinski definition) is 6. The highest BCUT2D eigenvalue weighted by molar-refractivity contribution is 5.96. The van der Waals surface area contributed by atoms with Crippen LogP contribution in [0.3, 0.4) is 0 Å². The zero-order chi connectivity index (χ0) is 18.7. The lowest BCUT2D eigenvalue weighted by Crippen LogP contribution is -2.19. The first-order valence-corrected chi connectivity index (χ1v) is 8.39. The molecule has 1 N–H and O–H groups in total. The fraction of sp³-hybridized carbons (Fsp3) is 0.333. The number of amides is 1. The number of carbonyl (C=O) groups excluding carboxylic acids is 1. The molecule has 1 amide bonds. The summed E-state index contributed by atoms with van der Waals surface area (Å²) in [6, 6.07) is 6.59. The molecule has 0 spiro atoms. The summed E-state index contributed by atoms with van der Waals surface area (Å²) in [6.07, 6.45) is 3.47. The first kappa shape index (κ1) is 17.7. The number of nitro benzene ring substituents is 1. The average Bonchev–Trinajstić information content (AvgIpc) is 3.24. The molecule has 0 atom stereocenters. The normalized spacial score (nSPS) is 14.2. The Morgan fingerprint density at radius 3 is 2.65 bits per heavy atom. The Morgan fingerprint density at radius 2 is 2.04 bits per heavy atom. The molecular formula is C18H20N4O4. The Bertz CT molecular complexity index is 866. The molecule has 1 aromatic carbocycles. The highest BCUT2D eigenvalue weighted by atomic mass is 16.6. The van der Waals surface area contributed by atoms with Gasteiger partial charge in [0, 0.05) is 24.7 Å². The third kappa shape index (κ3) is 3.74. The molecule has 1 saturated heterocycles. The fourth-order valence-electron chi connectivity index (χ4n) is 3.07. The van der Waals surface area contributed by atoms with Crippen LogP contribution in [-0.2, 0) is 0 Å². The van der Waals surface area contributed by atoms with Gasteiger partial charge in [0.25, 0.3) is 11.6 Å². The maximum absolute atomic E-state index is 12.1. The Balaban J connectivity index is 1.74. The number of nitrogens with one attached hydrogen (secondary N) is 1. The van der Waals surface area contributed by atoms with Crippen molar-refractivity contribution in [1.82, 2.24) is 5.43 Å². The summed E-state index contributed by atoms with van der Waals surface area (Å²) in [5.74, 6) is 0.768. The number of nitro groups is 1. The van der Waals surface area contributed by atoms with Crippen LogP contribution in [0.15, 0.2) is 33.8 Å². The number of anilines is 1. The minimum Gasteiger partial charge on any atom is -0.466 e. The second-order valence-corrected chi connectivity index (χ2v) is 6.23. The molecule has 0 aliphatic carbocycles. The van der Waals surface area contributed by atoms with Crippen LogP contribution in [0.2, 0.25) is 0 Å². The van der Waals surface area contributed by atoms with Gasteiger partial charge in [0.2, 0.25) is 0 Å². The molecule has 1 aliphatic heterocycles. The standard InChI is InChI=1S/C18H20N4O4/c1-12-9-15(13(2)26-12)18(23)20-19-11-14-5-6-16(17(10-14)22(24)25)21-7-3-4-8-21/h5-6,9-11H,3-4,7-8H2,1-2H3,(H,20,23)/b19-11+. The molecule has 0 unspecified atom stereocenters. The van der Waals surface area contributed by atoms with E-state index >= 15 is 0 Å². The van der Waals surface area contributed by atoms with E-state index in [1.807, 2.05) is 4.90 Å². The van der Waals surface area contributed by atoms with Crippen molar-refractivity contribution in [3.8, 4) is 0 Å². The molecule has 136 valence electrons. The molecule has 26 heavy (non-hydrogen) atoms. The second kappa shape index (κ2) is 7.38. The van der Waals surface area contributed by atoms with Crippen molar-refractivity contribution < 1.29 is 14.1 Å². The van der Waals surface area contributed by atoms with Gasteiger partial charge in [-0.05, 0) is 38.8 Å². The van der Waals surface area contributed by atoms with E-state index in [4.69, 9.17) is 4.42 Å². The topological polar surface area (TPSA) is 101 Å². The van der Waals surface area contributed by atoms with E-state index in [9.17, 15) is 14.9 Å². The van der Waals surface area contributed by atoms with Gasteiger partial charge in [-0.15, -0.1) is 0 Å². The molecule has 0 radical (unpaired) electrons. The highest BCUT2D eigenvalue weighted by Crippen LogP contribution is 2.31. The molecule has 3 rings (SSSR count). The summed E-state index contributed by atoms with van der Waals surface area (Å²) in [5.41, 5.74) is 4.03. The van der Waals surface area contributed by atoms with Gasteiger partial charge in [0.1, 0.15) is 17.2 Å². The van der Waals surface area contributed by atoms with E-state index in [0.717, 1.165) is 25.9 Å². The average molecular weight is 356 g/mol. The van der Waals surface area contributed by atoms with Gasteiger partial charge in [-0.3, -0.25) is 14.9 Å². The lowest BCUT2D eigenvalue weighted by molar-refractivity contribution is -0.384. The van der Waals surface area contributed by atoms with Crippen LogP contribution in [0.5, 0.6) is 0 Å². The SMILES string of the molecule is Cc1cc(C(=O)N/N=C/c2ccc(N3CCCC3)c([N+](=O)[O-])c2)c(C)o1. The van der Waals surface area contributed by atoms with E-state index in [2.05, 4.69) is 10.5 Å². The number of benzene rings is 1. The smallest absolute Gasteiger partial charge is 0.293 e. The first-order valence-electron chi connectivity index (χ1n) is 8.39. The highest BCUT2D eigenvalue weighted by Gasteiger charge is 2.22. The van der Waals surface area contributed by atoms with Crippen LogP contribution in [0.1, 0.15) is 40.3 Å². The third-order valence-electron chi connectivity index (χ3n) is 4.31. The Kier molecular flexibility index (Phi) is 5.01. The lowest BCUT2D eigenvalue weighted by Gasteiger charge is -2.17. The molecule has 8 nitrogen and oxygen atoms in total. The van der Waals surface area contributed by atoms with E-state index in [1.54, 1.807) is 32.0 Å². The van der Waals surface area contributed by atoms with Gasteiger partial charge >= 0.3 is 0 Å². The number of nitrogens with zero attached hydrogens (tertiary/aromatic N) is 3. The van der Waals surface area contributed by atoms with Crippen molar-refractivity contribution in [2.24, 2.45) is 5.10 Å². The molecule has 1 aliphatic rings. The third-order valence-corrected chi connectivity index (χ3v) is 4.31. The Hall–Kier alpha value is -3.16. The molecule has 1 fully saturated rings. The molecule has 2 heterocycles. The molecule has 8 heteroatoms. The number of aryl methyl sites for hydroxylation is 2. The predicted molar refractivity (Wildman–Crippen MR) is 97.8 cm³/mol. The summed E-state index contributed by atoms with van der Waals surface area (Å²) in [7, 11) is 0. The molecule has 1 aromatic heterocycles. The quantitative estimate of drug-likeness (QED) is 0.504. The molecular weight excluding hydrogens is 336 g/mol. The maximum atomic E-state index is 12.1. The predicted octanol–water partition coefficient (Wildman–Crippen LogP) is 3.17. The van der Waals surface area contributed by atoms with Gasteiger partial charge < -0.3 is 9.32 Å². The summed E-state index contributed by atoms with van der Waals surface area (Å²) in [6.45, 7) is 5.11. The molecule has 0 saturated carbocycles. The summed E-state index contributed by atoms with van der Waals surface area (Å²) < 4.78 is 5.31. The van der Waals surface area contributed by atoms with Crippen molar-refractivity contribution in [1.29, 1.82) is 0 Å². The Morgan fingerprint density at radius 1 is 1.31 bits per heavy atom. The van der Waals surface area contributed by atoms with Gasteiger partial charge in [-0.2, -0.15) is 5.10 Å². The number of rotatable bonds is 5. The fourth-order valence-corrected chi connectivity index (χ4v) is 3.07. The minimum atomic E-state index is -0.390. The van der Waals surface area contributed by atoms with E-state index < -0.39 is 5.91 Å². The van der Waals surface area contributed by atoms with Crippen LogP contribution >= 0.6 is 0 Å². The lowest BCUT2D eigenvalue weighted by atomic mass is 10.1. The Labute approximate surface area is 150 Å². The summed E-state index contributed by atoms with van der Waals surface area (Å²) in [5, 5.41) is 15.3. The van der Waals surface area contributed by atoms with Crippen LogP contribution < -0.4 is 10.3 Å². The number of hydrazone groups is 1. The summed E-state index contributed by atoms with van der Waals surface area (Å²) >= 11 is 0. The van der Waals surface area contributed by atoms with Crippen molar-refractivity contribution >= 4 is 23.5 Å². The second-order valence-electron chi connectivity index (χ2n) is 6.23. The van der Waals surface area contributed by atoms with Crippen LogP contribution in [0, 0.1) is 24.0 Å². The zero-order valence-corrected chi connectivity index (χ0v) is 14.7. The van der Waals surface area contributed by atoms with Crippen molar-refractivity contribution in [2.45, 2.75) is 26.7 Å². The number of furan rings is 1. The maximum Gasteiger partial charge on any atom is 0.293 e. The first-order chi connectivity index (χ1) is 12.5. The van der Waals surface area contributed by atoms with E-state index in [1.165, 1.54) is 12.3 Å². The van der Waals surface area contributed by atoms with Gasteiger partial charge in [0.05, 0.1) is 16.7 Å².